The van der Waals surface area contributed by atoms with E-state index in [2.05, 4.69) is 0 Å². The first-order valence-electron chi connectivity index (χ1n) is 5.00. The van der Waals surface area contributed by atoms with Crippen molar-refractivity contribution in [2.24, 2.45) is 0 Å². The van der Waals surface area contributed by atoms with Gasteiger partial charge in [-0.25, -0.2) is 4.79 Å². The van der Waals surface area contributed by atoms with E-state index in [1.165, 1.54) is 0 Å². The second-order valence-electron chi connectivity index (χ2n) is 3.72. The lowest BCUT2D eigenvalue weighted by Crippen LogP contribution is -2.31. The summed E-state index contributed by atoms with van der Waals surface area (Å²) >= 11 is 5.93. The molecule has 0 saturated heterocycles. The molecule has 3 N–H and O–H groups in total. The van der Waals surface area contributed by atoms with Crippen LogP contribution in [-0.2, 0) is 6.54 Å². The average Bonchev–Trinajstić information content (AvgIpc) is 2.30. The number of nitrogen functional groups attached to an aromatic ring is 1. The molecule has 0 spiro atoms. The third kappa shape index (κ3) is 2.43. The number of hydrogen-bond donors (Lipinski definition) is 2. The first-order chi connectivity index (χ1) is 8.47. The first-order valence-corrected chi connectivity index (χ1v) is 5.38. The highest BCUT2D eigenvalue weighted by molar-refractivity contribution is 6.31. The van der Waals surface area contributed by atoms with Crippen molar-refractivity contribution < 1.29 is 4.39 Å². The molecule has 0 bridgehead atoms. The summed E-state index contributed by atoms with van der Waals surface area (Å²) in [5, 5.41) is 0.405. The summed E-state index contributed by atoms with van der Waals surface area (Å²) in [6.45, 7) is 0.0242. The van der Waals surface area contributed by atoms with E-state index in [1.54, 1.807) is 18.2 Å². The van der Waals surface area contributed by atoms with Gasteiger partial charge in [-0.15, -0.1) is 0 Å². The van der Waals surface area contributed by atoms with Crippen molar-refractivity contribution in [3.63, 3.8) is 0 Å². The monoisotopic (exact) mass is 269 g/mol. The maximum atomic E-state index is 13.1. The van der Waals surface area contributed by atoms with Gasteiger partial charge in [0.1, 0.15) is 0 Å². The van der Waals surface area contributed by atoms with Gasteiger partial charge in [-0.3, -0.25) is 14.3 Å². The van der Waals surface area contributed by atoms with Crippen LogP contribution in [0.3, 0.4) is 0 Å². The molecule has 0 aliphatic heterocycles. The van der Waals surface area contributed by atoms with E-state index in [0.29, 0.717) is 16.3 Å². The Balaban J connectivity index is 2.46. The van der Waals surface area contributed by atoms with Crippen LogP contribution in [0.5, 0.6) is 0 Å². The SMILES string of the molecule is Nc1ccc(Cl)c(Cn2cc(F)c(=O)[nH]c2=O)c1. The molecule has 1 aromatic heterocycles. The number of hydrogen-bond acceptors (Lipinski definition) is 3. The zero-order chi connectivity index (χ0) is 13.3. The zero-order valence-corrected chi connectivity index (χ0v) is 9.87. The summed E-state index contributed by atoms with van der Waals surface area (Å²) in [5.41, 5.74) is 4.88. The maximum Gasteiger partial charge on any atom is 0.328 e. The fraction of sp³-hybridized carbons (Fsp3) is 0.0909. The van der Waals surface area contributed by atoms with E-state index in [0.717, 1.165) is 10.8 Å². The van der Waals surface area contributed by atoms with Crippen molar-refractivity contribution in [1.82, 2.24) is 9.55 Å². The summed E-state index contributed by atoms with van der Waals surface area (Å²) in [6, 6.07) is 4.78. The van der Waals surface area contributed by atoms with Gasteiger partial charge in [-0.2, -0.15) is 4.39 Å². The zero-order valence-electron chi connectivity index (χ0n) is 9.11. The lowest BCUT2D eigenvalue weighted by atomic mass is 10.2. The molecule has 0 unspecified atom stereocenters. The standard InChI is InChI=1S/C11H9ClFN3O2/c12-8-2-1-7(14)3-6(8)4-16-5-9(13)10(17)15-11(16)18/h1-3,5H,4,14H2,(H,15,17,18). The molecule has 0 atom stereocenters. The number of H-pyrrole nitrogens is 1. The Labute approximate surface area is 106 Å². The van der Waals surface area contributed by atoms with E-state index >= 15 is 0 Å². The molecule has 0 amide bonds. The molecule has 0 radical (unpaired) electrons. The number of benzene rings is 1. The van der Waals surface area contributed by atoms with Crippen LogP contribution in [0.15, 0.2) is 34.0 Å². The third-order valence-electron chi connectivity index (χ3n) is 2.38. The Morgan fingerprint density at radius 3 is 2.83 bits per heavy atom. The minimum atomic E-state index is -1.05. The molecule has 7 heteroatoms. The van der Waals surface area contributed by atoms with Crippen LogP contribution < -0.4 is 17.0 Å². The van der Waals surface area contributed by atoms with Gasteiger partial charge in [0.05, 0.1) is 12.7 Å². The quantitative estimate of drug-likeness (QED) is 0.797. The van der Waals surface area contributed by atoms with Gasteiger partial charge in [-0.05, 0) is 23.8 Å². The molecule has 0 fully saturated rings. The number of aromatic nitrogens is 2. The van der Waals surface area contributed by atoms with Gasteiger partial charge in [0, 0.05) is 10.7 Å². The minimum Gasteiger partial charge on any atom is -0.399 e. The first kappa shape index (κ1) is 12.4. The molecule has 18 heavy (non-hydrogen) atoms. The maximum absolute atomic E-state index is 13.1. The predicted molar refractivity (Wildman–Crippen MR) is 66.2 cm³/mol. The lowest BCUT2D eigenvalue weighted by Gasteiger charge is -2.07. The highest BCUT2D eigenvalue weighted by Crippen LogP contribution is 2.19. The number of halogens is 2. The van der Waals surface area contributed by atoms with Crippen LogP contribution in [0, 0.1) is 5.82 Å². The molecular weight excluding hydrogens is 261 g/mol. The largest absolute Gasteiger partial charge is 0.399 e. The van der Waals surface area contributed by atoms with Crippen LogP contribution in [-0.4, -0.2) is 9.55 Å². The highest BCUT2D eigenvalue weighted by Gasteiger charge is 2.07. The van der Waals surface area contributed by atoms with Crippen LogP contribution in [0.1, 0.15) is 5.56 Å². The molecule has 2 aromatic rings. The molecule has 1 aromatic carbocycles. The van der Waals surface area contributed by atoms with Crippen molar-refractivity contribution in [1.29, 1.82) is 0 Å². The van der Waals surface area contributed by atoms with E-state index in [9.17, 15) is 14.0 Å². The van der Waals surface area contributed by atoms with Gasteiger partial charge in [0.2, 0.25) is 5.82 Å². The Bertz CT molecular complexity index is 708. The molecular formula is C11H9ClFN3O2. The Hall–Kier alpha value is -2.08. The van der Waals surface area contributed by atoms with Crippen molar-refractivity contribution >= 4 is 17.3 Å². The summed E-state index contributed by atoms with van der Waals surface area (Å²) in [5.74, 6) is -1.03. The van der Waals surface area contributed by atoms with E-state index in [-0.39, 0.29) is 6.54 Å². The second-order valence-corrected chi connectivity index (χ2v) is 4.12. The molecule has 1 heterocycles. The van der Waals surface area contributed by atoms with Gasteiger partial charge in [0.25, 0.3) is 5.56 Å². The van der Waals surface area contributed by atoms with E-state index in [1.807, 2.05) is 4.98 Å². The van der Waals surface area contributed by atoms with E-state index in [4.69, 9.17) is 17.3 Å². The Kier molecular flexibility index (Phi) is 3.20. The number of nitrogens with zero attached hydrogens (tertiary/aromatic N) is 1. The van der Waals surface area contributed by atoms with Crippen LogP contribution in [0.25, 0.3) is 0 Å². The van der Waals surface area contributed by atoms with Crippen LogP contribution >= 0.6 is 11.6 Å². The Morgan fingerprint density at radius 1 is 1.39 bits per heavy atom. The molecule has 0 aliphatic rings. The van der Waals surface area contributed by atoms with Crippen LogP contribution in [0.2, 0.25) is 5.02 Å². The second kappa shape index (κ2) is 4.66. The fourth-order valence-corrected chi connectivity index (χ4v) is 1.68. The molecule has 0 aliphatic carbocycles. The van der Waals surface area contributed by atoms with Gasteiger partial charge < -0.3 is 5.73 Å². The summed E-state index contributed by atoms with van der Waals surface area (Å²) in [4.78, 5) is 24.2. The topological polar surface area (TPSA) is 80.9 Å². The minimum absolute atomic E-state index is 0.0242. The Morgan fingerprint density at radius 2 is 2.11 bits per heavy atom. The summed E-state index contributed by atoms with van der Waals surface area (Å²) < 4.78 is 14.1. The molecule has 0 saturated carbocycles. The molecule has 2 rings (SSSR count). The highest BCUT2D eigenvalue weighted by atomic mass is 35.5. The summed E-state index contributed by atoms with van der Waals surface area (Å²) in [7, 11) is 0. The smallest absolute Gasteiger partial charge is 0.328 e. The fourth-order valence-electron chi connectivity index (χ4n) is 1.50. The van der Waals surface area contributed by atoms with Crippen molar-refractivity contribution in [2.75, 3.05) is 5.73 Å². The van der Waals surface area contributed by atoms with Crippen molar-refractivity contribution in [2.45, 2.75) is 6.54 Å². The van der Waals surface area contributed by atoms with Crippen molar-refractivity contribution in [3.8, 4) is 0 Å². The van der Waals surface area contributed by atoms with Crippen molar-refractivity contribution in [3.05, 3.63) is 61.6 Å². The normalized spacial score (nSPS) is 10.6. The lowest BCUT2D eigenvalue weighted by molar-refractivity contribution is 0.566. The molecule has 94 valence electrons. The number of aromatic amines is 1. The third-order valence-corrected chi connectivity index (χ3v) is 2.75. The van der Waals surface area contributed by atoms with Crippen LogP contribution in [0.4, 0.5) is 10.1 Å². The predicted octanol–water partition coefficient (Wildman–Crippen LogP) is 0.960. The number of nitrogens with one attached hydrogen (secondary N) is 1. The number of rotatable bonds is 2. The average molecular weight is 270 g/mol. The van der Waals surface area contributed by atoms with Gasteiger partial charge >= 0.3 is 5.69 Å². The summed E-state index contributed by atoms with van der Waals surface area (Å²) in [6.07, 6.45) is 0.834. The number of anilines is 1. The van der Waals surface area contributed by atoms with E-state index < -0.39 is 17.1 Å². The van der Waals surface area contributed by atoms with Gasteiger partial charge in [-0.1, -0.05) is 11.6 Å². The number of nitrogens with two attached hydrogens (primary N) is 1. The molecule has 5 nitrogen and oxygen atoms in total. The van der Waals surface area contributed by atoms with Gasteiger partial charge in [0.15, 0.2) is 0 Å².